The molecule has 4 heteroatoms. The van der Waals surface area contributed by atoms with E-state index in [-0.39, 0.29) is 11.9 Å². The van der Waals surface area contributed by atoms with Gasteiger partial charge in [-0.3, -0.25) is 14.5 Å². The van der Waals surface area contributed by atoms with Gasteiger partial charge in [-0.25, -0.2) is 0 Å². The number of hydrogen-bond donors (Lipinski definition) is 1. The Morgan fingerprint density at radius 2 is 2.25 bits per heavy atom. The first-order valence-electron chi connectivity index (χ1n) is 6.22. The molecule has 92 valence electrons. The second-order valence-corrected chi connectivity index (χ2v) is 4.25. The van der Waals surface area contributed by atoms with Gasteiger partial charge in [-0.2, -0.15) is 0 Å². The van der Waals surface area contributed by atoms with Gasteiger partial charge in [-0.1, -0.05) is 13.8 Å². The van der Waals surface area contributed by atoms with Crippen LogP contribution in [0.15, 0.2) is 0 Å². The molecule has 1 saturated heterocycles. The summed E-state index contributed by atoms with van der Waals surface area (Å²) >= 11 is 0. The molecule has 0 aromatic rings. The highest BCUT2D eigenvalue weighted by Crippen LogP contribution is 2.10. The second-order valence-electron chi connectivity index (χ2n) is 4.25. The van der Waals surface area contributed by atoms with E-state index in [0.29, 0.717) is 18.6 Å². The van der Waals surface area contributed by atoms with Gasteiger partial charge in [0.1, 0.15) is 5.78 Å². The lowest BCUT2D eigenvalue weighted by molar-refractivity contribution is -0.129. The number of hydrogen-bond acceptors (Lipinski definition) is 3. The van der Waals surface area contributed by atoms with Gasteiger partial charge < -0.3 is 5.32 Å². The van der Waals surface area contributed by atoms with Crippen molar-refractivity contribution in [2.45, 2.75) is 45.6 Å². The van der Waals surface area contributed by atoms with Crippen LogP contribution in [0, 0.1) is 0 Å². The molecule has 4 nitrogen and oxygen atoms in total. The molecule has 0 bridgehead atoms. The van der Waals surface area contributed by atoms with E-state index in [0.717, 1.165) is 32.5 Å². The van der Waals surface area contributed by atoms with Crippen molar-refractivity contribution in [3.63, 3.8) is 0 Å². The number of amides is 1. The van der Waals surface area contributed by atoms with Gasteiger partial charge in [0.05, 0.1) is 6.04 Å². The molecular formula is C12H22N2O2. The first-order chi connectivity index (χ1) is 7.69. The summed E-state index contributed by atoms with van der Waals surface area (Å²) in [6.07, 6.45) is 2.98. The zero-order valence-corrected chi connectivity index (χ0v) is 10.3. The SMILES string of the molecule is CCC(=O)CCCN1CCNC(=O)C1CC. The molecule has 0 aromatic heterocycles. The third kappa shape index (κ3) is 3.59. The van der Waals surface area contributed by atoms with Crippen molar-refractivity contribution < 1.29 is 9.59 Å². The van der Waals surface area contributed by atoms with Crippen LogP contribution in [0.4, 0.5) is 0 Å². The number of piperazine rings is 1. The van der Waals surface area contributed by atoms with Crippen LogP contribution in [-0.2, 0) is 9.59 Å². The van der Waals surface area contributed by atoms with E-state index in [2.05, 4.69) is 10.2 Å². The normalized spacial score (nSPS) is 21.9. The maximum atomic E-state index is 11.6. The molecule has 1 aliphatic heterocycles. The maximum absolute atomic E-state index is 11.6. The summed E-state index contributed by atoms with van der Waals surface area (Å²) < 4.78 is 0. The van der Waals surface area contributed by atoms with Gasteiger partial charge in [0.2, 0.25) is 5.91 Å². The van der Waals surface area contributed by atoms with Crippen molar-refractivity contribution >= 4 is 11.7 Å². The number of carbonyl (C=O) groups is 2. The van der Waals surface area contributed by atoms with Gasteiger partial charge in [-0.05, 0) is 19.4 Å². The van der Waals surface area contributed by atoms with Crippen LogP contribution in [0.1, 0.15) is 39.5 Å². The Morgan fingerprint density at radius 1 is 1.50 bits per heavy atom. The number of nitrogens with one attached hydrogen (secondary N) is 1. The number of Topliss-reactive ketones (excluding diaryl/α,β-unsaturated/α-hetero) is 1. The highest BCUT2D eigenvalue weighted by atomic mass is 16.2. The van der Waals surface area contributed by atoms with E-state index in [1.165, 1.54) is 0 Å². The smallest absolute Gasteiger partial charge is 0.237 e. The van der Waals surface area contributed by atoms with E-state index in [4.69, 9.17) is 0 Å². The highest BCUT2D eigenvalue weighted by molar-refractivity contribution is 5.82. The first kappa shape index (κ1) is 13.2. The molecule has 1 fully saturated rings. The van der Waals surface area contributed by atoms with E-state index in [1.807, 2.05) is 13.8 Å². The lowest BCUT2D eigenvalue weighted by atomic mass is 10.1. The quantitative estimate of drug-likeness (QED) is 0.734. The lowest BCUT2D eigenvalue weighted by Crippen LogP contribution is -2.55. The third-order valence-electron chi connectivity index (χ3n) is 3.12. The van der Waals surface area contributed by atoms with Crippen LogP contribution in [0.3, 0.4) is 0 Å². The molecule has 0 aromatic carbocycles. The average molecular weight is 226 g/mol. The van der Waals surface area contributed by atoms with Crippen LogP contribution in [0.25, 0.3) is 0 Å². The average Bonchev–Trinajstić information content (AvgIpc) is 2.29. The van der Waals surface area contributed by atoms with Gasteiger partial charge >= 0.3 is 0 Å². The summed E-state index contributed by atoms with van der Waals surface area (Å²) in [6, 6.07) is 0.00507. The van der Waals surface area contributed by atoms with Crippen molar-refractivity contribution in [1.29, 1.82) is 0 Å². The molecule has 0 aliphatic carbocycles. The second kappa shape index (κ2) is 6.63. The van der Waals surface area contributed by atoms with Gasteiger partial charge in [-0.15, -0.1) is 0 Å². The van der Waals surface area contributed by atoms with Crippen LogP contribution >= 0.6 is 0 Å². The molecule has 0 spiro atoms. The summed E-state index contributed by atoms with van der Waals surface area (Å²) in [6.45, 7) is 6.42. The Bertz CT molecular complexity index is 253. The van der Waals surface area contributed by atoms with Gasteiger partial charge in [0.15, 0.2) is 0 Å². The van der Waals surface area contributed by atoms with Crippen molar-refractivity contribution in [2.24, 2.45) is 0 Å². The van der Waals surface area contributed by atoms with Crippen molar-refractivity contribution in [2.75, 3.05) is 19.6 Å². The van der Waals surface area contributed by atoms with E-state index >= 15 is 0 Å². The van der Waals surface area contributed by atoms with Crippen molar-refractivity contribution in [3.05, 3.63) is 0 Å². The predicted octanol–water partition coefficient (Wildman–Crippen LogP) is 0.956. The number of carbonyl (C=O) groups excluding carboxylic acids is 2. The number of nitrogens with zero attached hydrogens (tertiary/aromatic N) is 1. The Morgan fingerprint density at radius 3 is 2.88 bits per heavy atom. The van der Waals surface area contributed by atoms with Gasteiger partial charge in [0.25, 0.3) is 0 Å². The predicted molar refractivity (Wildman–Crippen MR) is 63.2 cm³/mol. The zero-order valence-electron chi connectivity index (χ0n) is 10.3. The summed E-state index contributed by atoms with van der Waals surface area (Å²) in [7, 11) is 0. The molecule has 1 heterocycles. The van der Waals surface area contributed by atoms with E-state index in [9.17, 15) is 9.59 Å². The Hall–Kier alpha value is -0.900. The summed E-state index contributed by atoms with van der Waals surface area (Å²) in [5, 5.41) is 2.88. The highest BCUT2D eigenvalue weighted by Gasteiger charge is 2.27. The molecular weight excluding hydrogens is 204 g/mol. The summed E-state index contributed by atoms with van der Waals surface area (Å²) in [5.74, 6) is 0.449. The summed E-state index contributed by atoms with van der Waals surface area (Å²) in [5.41, 5.74) is 0. The Labute approximate surface area is 97.4 Å². The van der Waals surface area contributed by atoms with Crippen molar-refractivity contribution in [1.82, 2.24) is 10.2 Å². The van der Waals surface area contributed by atoms with Crippen LogP contribution in [0.5, 0.6) is 0 Å². The molecule has 1 unspecified atom stereocenters. The zero-order chi connectivity index (χ0) is 12.0. The van der Waals surface area contributed by atoms with Crippen molar-refractivity contribution in [3.8, 4) is 0 Å². The largest absolute Gasteiger partial charge is 0.353 e. The number of rotatable bonds is 6. The summed E-state index contributed by atoms with van der Waals surface area (Å²) in [4.78, 5) is 24.9. The fourth-order valence-electron chi connectivity index (χ4n) is 2.13. The molecule has 1 N–H and O–H groups in total. The van der Waals surface area contributed by atoms with E-state index < -0.39 is 0 Å². The maximum Gasteiger partial charge on any atom is 0.237 e. The van der Waals surface area contributed by atoms with E-state index in [1.54, 1.807) is 0 Å². The fourth-order valence-corrected chi connectivity index (χ4v) is 2.13. The molecule has 1 aliphatic rings. The standard InChI is InChI=1S/C12H22N2O2/c1-3-10(15)6-5-8-14-9-7-13-12(16)11(14)4-2/h11H,3-9H2,1-2H3,(H,13,16). The molecule has 0 saturated carbocycles. The molecule has 1 rings (SSSR count). The molecule has 1 atom stereocenters. The van der Waals surface area contributed by atoms with Crippen LogP contribution in [-0.4, -0.2) is 42.3 Å². The topological polar surface area (TPSA) is 49.4 Å². The monoisotopic (exact) mass is 226 g/mol. The van der Waals surface area contributed by atoms with Crippen LogP contribution < -0.4 is 5.32 Å². The minimum Gasteiger partial charge on any atom is -0.353 e. The number of ketones is 1. The Balaban J connectivity index is 2.34. The minimum atomic E-state index is 0.00507. The third-order valence-corrected chi connectivity index (χ3v) is 3.12. The minimum absolute atomic E-state index is 0.00507. The first-order valence-corrected chi connectivity index (χ1v) is 6.22. The lowest BCUT2D eigenvalue weighted by Gasteiger charge is -2.34. The Kier molecular flexibility index (Phi) is 5.46. The molecule has 0 radical (unpaired) electrons. The van der Waals surface area contributed by atoms with Crippen LogP contribution in [0.2, 0.25) is 0 Å². The molecule has 1 amide bonds. The fraction of sp³-hybridized carbons (Fsp3) is 0.833. The van der Waals surface area contributed by atoms with Gasteiger partial charge in [0, 0.05) is 25.9 Å². The molecule has 16 heavy (non-hydrogen) atoms.